The molecule has 3 nitrogen and oxygen atoms in total. The fraction of sp³-hybridized carbons (Fsp3) is 0.231. The van der Waals surface area contributed by atoms with E-state index in [0.29, 0.717) is 33.9 Å². The molecule has 0 radical (unpaired) electrons. The Morgan fingerprint density at radius 3 is 2.83 bits per heavy atom. The van der Waals surface area contributed by atoms with Crippen molar-refractivity contribution in [2.24, 2.45) is 9.98 Å². The van der Waals surface area contributed by atoms with E-state index in [-0.39, 0.29) is 5.82 Å². The molecule has 94 valence electrons. The molecule has 0 saturated carbocycles. The van der Waals surface area contributed by atoms with Crippen molar-refractivity contribution in [2.75, 3.05) is 13.6 Å². The van der Waals surface area contributed by atoms with Crippen molar-refractivity contribution in [3.8, 4) is 0 Å². The summed E-state index contributed by atoms with van der Waals surface area (Å²) in [6, 6.07) is 4.90. The van der Waals surface area contributed by atoms with Crippen molar-refractivity contribution in [3.05, 3.63) is 46.3 Å². The van der Waals surface area contributed by atoms with Crippen LogP contribution in [-0.4, -0.2) is 30.2 Å². The summed E-state index contributed by atoms with van der Waals surface area (Å²) in [6.45, 7) is 6.46. The van der Waals surface area contributed by atoms with Gasteiger partial charge < -0.3 is 4.90 Å². The molecule has 0 spiro atoms. The van der Waals surface area contributed by atoms with E-state index in [0.717, 1.165) is 0 Å². The van der Waals surface area contributed by atoms with E-state index in [4.69, 9.17) is 0 Å². The van der Waals surface area contributed by atoms with Gasteiger partial charge in [0.25, 0.3) is 0 Å². The molecule has 0 fully saturated rings. The monoisotopic (exact) mass is 309 g/mol. The normalized spacial score (nSPS) is 17.6. The van der Waals surface area contributed by atoms with Gasteiger partial charge in [0.2, 0.25) is 0 Å². The first-order valence-electron chi connectivity index (χ1n) is 5.56. The van der Waals surface area contributed by atoms with Gasteiger partial charge in [-0.25, -0.2) is 9.38 Å². The fourth-order valence-corrected chi connectivity index (χ4v) is 2.04. The van der Waals surface area contributed by atoms with Crippen LogP contribution < -0.4 is 0 Å². The molecule has 0 aliphatic carbocycles. The number of hydrogen-bond acceptors (Lipinski definition) is 2. The van der Waals surface area contributed by atoms with Crippen molar-refractivity contribution in [1.29, 1.82) is 0 Å². The quantitative estimate of drug-likeness (QED) is 0.824. The number of benzene rings is 1. The lowest BCUT2D eigenvalue weighted by molar-refractivity contribution is 0.613. The highest BCUT2D eigenvalue weighted by atomic mass is 79.9. The Kier molecular flexibility index (Phi) is 3.61. The lowest BCUT2D eigenvalue weighted by Gasteiger charge is -2.15. The Morgan fingerprint density at radius 1 is 1.50 bits per heavy atom. The predicted octanol–water partition coefficient (Wildman–Crippen LogP) is 3.21. The smallest absolute Gasteiger partial charge is 0.173 e. The molecule has 0 atom stereocenters. The minimum Gasteiger partial charge on any atom is -0.326 e. The molecule has 5 heteroatoms. The van der Waals surface area contributed by atoms with Gasteiger partial charge in [-0.15, -0.1) is 0 Å². The van der Waals surface area contributed by atoms with Gasteiger partial charge in [-0.05, 0) is 25.1 Å². The molecule has 1 heterocycles. The molecule has 1 aromatic rings. The molecule has 0 aromatic heterocycles. The van der Waals surface area contributed by atoms with Crippen LogP contribution in [0.15, 0.2) is 44.9 Å². The standard InChI is InChI=1S/C13H13BrFN3/c1-4-16-12-8(2)18(3)13(17-12)10-6-5-9(14)7-11(10)15/h5-7H,2,4H2,1,3H3. The molecule has 18 heavy (non-hydrogen) atoms. The average Bonchev–Trinajstić information content (AvgIpc) is 2.58. The summed E-state index contributed by atoms with van der Waals surface area (Å²) >= 11 is 3.23. The lowest BCUT2D eigenvalue weighted by atomic mass is 10.2. The van der Waals surface area contributed by atoms with Gasteiger partial charge in [0, 0.05) is 18.1 Å². The molecule has 0 N–H and O–H groups in total. The van der Waals surface area contributed by atoms with E-state index in [9.17, 15) is 4.39 Å². The van der Waals surface area contributed by atoms with E-state index in [1.807, 2.05) is 6.92 Å². The van der Waals surface area contributed by atoms with Gasteiger partial charge >= 0.3 is 0 Å². The summed E-state index contributed by atoms with van der Waals surface area (Å²) < 4.78 is 14.6. The van der Waals surface area contributed by atoms with E-state index in [2.05, 4.69) is 32.5 Å². The highest BCUT2D eigenvalue weighted by Crippen LogP contribution is 2.22. The van der Waals surface area contributed by atoms with Gasteiger partial charge in [0.05, 0.1) is 11.3 Å². The minimum absolute atomic E-state index is 0.319. The second-order valence-electron chi connectivity index (χ2n) is 3.86. The largest absolute Gasteiger partial charge is 0.326 e. The molecule has 1 aromatic carbocycles. The van der Waals surface area contributed by atoms with E-state index >= 15 is 0 Å². The van der Waals surface area contributed by atoms with E-state index in [1.54, 1.807) is 24.1 Å². The summed E-state index contributed by atoms with van der Waals surface area (Å²) in [5.41, 5.74) is 1.14. The Morgan fingerprint density at radius 2 is 2.22 bits per heavy atom. The highest BCUT2D eigenvalue weighted by molar-refractivity contribution is 9.10. The first-order chi connectivity index (χ1) is 8.54. The van der Waals surface area contributed by atoms with E-state index < -0.39 is 0 Å². The topological polar surface area (TPSA) is 28.0 Å². The third-order valence-electron chi connectivity index (χ3n) is 2.67. The number of halogens is 2. The fourth-order valence-electron chi connectivity index (χ4n) is 1.71. The summed E-state index contributed by atoms with van der Waals surface area (Å²) in [7, 11) is 1.81. The SMILES string of the molecule is C=C1C(=NCC)N=C(c2ccc(Br)cc2F)N1C. The maximum Gasteiger partial charge on any atom is 0.173 e. The Hall–Kier alpha value is -1.49. The second kappa shape index (κ2) is 5.02. The van der Waals surface area contributed by atoms with Gasteiger partial charge in [0.1, 0.15) is 11.7 Å². The van der Waals surface area contributed by atoms with Crippen LogP contribution in [0.4, 0.5) is 4.39 Å². The summed E-state index contributed by atoms with van der Waals surface area (Å²) in [5, 5.41) is 0. The number of amidine groups is 2. The number of nitrogens with zero attached hydrogens (tertiary/aromatic N) is 3. The first-order valence-corrected chi connectivity index (χ1v) is 6.35. The molecule has 1 aliphatic heterocycles. The van der Waals surface area contributed by atoms with Crippen LogP contribution in [0.3, 0.4) is 0 Å². The Bertz CT molecular complexity index is 563. The zero-order valence-electron chi connectivity index (χ0n) is 10.2. The first kappa shape index (κ1) is 13.0. The molecule has 0 saturated heterocycles. The van der Waals surface area contributed by atoms with Crippen LogP contribution in [-0.2, 0) is 0 Å². The third-order valence-corrected chi connectivity index (χ3v) is 3.17. The minimum atomic E-state index is -0.319. The lowest BCUT2D eigenvalue weighted by Crippen LogP contribution is -2.23. The maximum atomic E-state index is 13.9. The number of hydrogen-bond donors (Lipinski definition) is 0. The second-order valence-corrected chi connectivity index (χ2v) is 4.78. The van der Waals surface area contributed by atoms with Gasteiger partial charge in [0.15, 0.2) is 5.84 Å². The van der Waals surface area contributed by atoms with Gasteiger partial charge in [-0.2, -0.15) is 0 Å². The van der Waals surface area contributed by atoms with Crippen molar-refractivity contribution in [3.63, 3.8) is 0 Å². The highest BCUT2D eigenvalue weighted by Gasteiger charge is 2.25. The predicted molar refractivity (Wildman–Crippen MR) is 75.5 cm³/mol. The summed E-state index contributed by atoms with van der Waals surface area (Å²) in [5.74, 6) is 0.787. The molecule has 0 bridgehead atoms. The van der Waals surface area contributed by atoms with Gasteiger partial charge in [-0.3, -0.25) is 4.99 Å². The van der Waals surface area contributed by atoms with Crippen molar-refractivity contribution >= 4 is 27.6 Å². The number of aliphatic imine (C=N–C) groups is 2. The number of rotatable bonds is 2. The van der Waals surface area contributed by atoms with E-state index in [1.165, 1.54) is 6.07 Å². The third kappa shape index (κ3) is 2.22. The van der Waals surface area contributed by atoms with Crippen LogP contribution in [0.1, 0.15) is 12.5 Å². The molecular weight excluding hydrogens is 297 g/mol. The Labute approximate surface area is 114 Å². The van der Waals surface area contributed by atoms with Crippen molar-refractivity contribution < 1.29 is 4.39 Å². The zero-order chi connectivity index (χ0) is 13.3. The molecule has 0 amide bonds. The van der Waals surface area contributed by atoms with Crippen LogP contribution in [0, 0.1) is 5.82 Å². The van der Waals surface area contributed by atoms with Crippen LogP contribution in [0.25, 0.3) is 0 Å². The molecule has 1 aliphatic rings. The van der Waals surface area contributed by atoms with Crippen LogP contribution in [0.5, 0.6) is 0 Å². The molecule has 2 rings (SSSR count). The van der Waals surface area contributed by atoms with Crippen LogP contribution >= 0.6 is 15.9 Å². The summed E-state index contributed by atoms with van der Waals surface area (Å²) in [4.78, 5) is 10.3. The van der Waals surface area contributed by atoms with Crippen LogP contribution in [0.2, 0.25) is 0 Å². The van der Waals surface area contributed by atoms with Crippen molar-refractivity contribution in [2.45, 2.75) is 6.92 Å². The average molecular weight is 310 g/mol. The number of likely N-dealkylation sites (N-methyl/N-ethyl adjacent to an activating group) is 1. The maximum absolute atomic E-state index is 13.9. The van der Waals surface area contributed by atoms with Crippen molar-refractivity contribution in [1.82, 2.24) is 4.90 Å². The van der Waals surface area contributed by atoms with Gasteiger partial charge in [-0.1, -0.05) is 22.5 Å². The Balaban J connectivity index is 2.48. The molecular formula is C13H13BrFN3. The summed E-state index contributed by atoms with van der Waals surface area (Å²) in [6.07, 6.45) is 0. The molecule has 0 unspecified atom stereocenters. The zero-order valence-corrected chi connectivity index (χ0v) is 11.8.